The number of fused-ring (bicyclic) bond motifs is 3. The SMILES string of the molecule is Cc1[c-]c2c(cc1)-c1ccc(C)cc1C2.Cc1ccc([Si](=[Zr+2])c2ccc(C)cc2)cc1.[C-]1=CC=CC1.[Cl-].[Cl-]. The van der Waals surface area contributed by atoms with E-state index in [0.29, 0.717) is 0 Å². The van der Waals surface area contributed by atoms with Gasteiger partial charge in [-0.2, -0.15) is 29.8 Å². The fourth-order valence-electron chi connectivity index (χ4n) is 4.32. The Morgan fingerprint density at radius 2 is 1.24 bits per heavy atom. The van der Waals surface area contributed by atoms with Gasteiger partial charge < -0.3 is 24.8 Å². The second-order valence-corrected chi connectivity index (χ2v) is 15.1. The molecule has 0 aromatic heterocycles. The zero-order valence-corrected chi connectivity index (χ0v) is 27.4. The van der Waals surface area contributed by atoms with Crippen LogP contribution in [-0.4, -0.2) is 5.43 Å². The maximum atomic E-state index is 3.45. The van der Waals surface area contributed by atoms with Crippen molar-refractivity contribution in [3.63, 3.8) is 0 Å². The van der Waals surface area contributed by atoms with Crippen LogP contribution in [0, 0.1) is 39.8 Å². The van der Waals surface area contributed by atoms with Crippen LogP contribution in [0.15, 0.2) is 97.1 Å². The van der Waals surface area contributed by atoms with Gasteiger partial charge in [-0.15, -0.1) is 17.5 Å². The summed E-state index contributed by atoms with van der Waals surface area (Å²) in [5.41, 5.74) is 10.4. The molecule has 0 atom stereocenters. The molecule has 0 radical (unpaired) electrons. The Morgan fingerprint density at radius 1 is 0.684 bits per heavy atom. The number of allylic oxidation sites excluding steroid dienone is 4. The first-order chi connectivity index (χ1) is 17.4. The van der Waals surface area contributed by atoms with E-state index in [0.717, 1.165) is 12.8 Å². The molecule has 0 saturated heterocycles. The Morgan fingerprint density at radius 3 is 1.74 bits per heavy atom. The molecule has 192 valence electrons. The van der Waals surface area contributed by atoms with Crippen LogP contribution in [0.4, 0.5) is 0 Å². The van der Waals surface area contributed by atoms with Crippen LogP contribution < -0.4 is 35.2 Å². The van der Waals surface area contributed by atoms with Gasteiger partial charge >= 0.3 is 113 Å². The van der Waals surface area contributed by atoms with Gasteiger partial charge in [-0.3, -0.25) is 6.08 Å². The van der Waals surface area contributed by atoms with E-state index in [1.165, 1.54) is 54.9 Å². The van der Waals surface area contributed by atoms with E-state index in [9.17, 15) is 0 Å². The largest absolute Gasteiger partial charge is 1.00 e. The number of aryl methyl sites for hydroxylation is 4. The molecule has 0 N–H and O–H groups in total. The number of rotatable bonds is 2. The normalized spacial score (nSPS) is 11.5. The van der Waals surface area contributed by atoms with Gasteiger partial charge in [0, 0.05) is 0 Å². The molecule has 0 aliphatic heterocycles. The average Bonchev–Trinajstić information content (AvgIpc) is 3.56. The maximum Gasteiger partial charge on any atom is -0.109 e. The van der Waals surface area contributed by atoms with Gasteiger partial charge in [0.1, 0.15) is 0 Å². The number of halogens is 2. The first kappa shape index (κ1) is 32.3. The van der Waals surface area contributed by atoms with Crippen molar-refractivity contribution in [2.24, 2.45) is 0 Å². The third-order valence-electron chi connectivity index (χ3n) is 6.36. The minimum absolute atomic E-state index is 0. The van der Waals surface area contributed by atoms with Crippen LogP contribution in [0.1, 0.15) is 39.8 Å². The van der Waals surface area contributed by atoms with Crippen LogP contribution in [0.5, 0.6) is 0 Å². The Balaban J connectivity index is 0.000000216. The van der Waals surface area contributed by atoms with Gasteiger partial charge in [-0.1, -0.05) is 36.2 Å². The zero-order valence-electron chi connectivity index (χ0n) is 22.4. The molecule has 4 heteroatoms. The molecule has 0 heterocycles. The fourth-order valence-corrected chi connectivity index (χ4v) is 8.11. The van der Waals surface area contributed by atoms with Crippen LogP contribution in [-0.2, 0) is 29.8 Å². The van der Waals surface area contributed by atoms with Crippen molar-refractivity contribution in [1.29, 1.82) is 0 Å². The molecule has 6 rings (SSSR count). The molecular weight excluding hydrogens is 599 g/mol. The van der Waals surface area contributed by atoms with Gasteiger partial charge in [0.15, 0.2) is 0 Å². The maximum absolute atomic E-state index is 3.45. The van der Waals surface area contributed by atoms with E-state index < -0.39 is 5.43 Å². The van der Waals surface area contributed by atoms with E-state index in [1.54, 1.807) is 23.3 Å². The second-order valence-electron chi connectivity index (χ2n) is 9.48. The van der Waals surface area contributed by atoms with Crippen LogP contribution in [0.25, 0.3) is 11.1 Å². The summed E-state index contributed by atoms with van der Waals surface area (Å²) in [7, 11) is 0. The Labute approximate surface area is 256 Å². The van der Waals surface area contributed by atoms with E-state index >= 15 is 0 Å². The van der Waals surface area contributed by atoms with Gasteiger partial charge in [-0.05, 0) is 18.9 Å². The number of benzene rings is 4. The Hall–Kier alpha value is -1.96. The average molecular weight is 631 g/mol. The van der Waals surface area contributed by atoms with Crippen LogP contribution in [0.2, 0.25) is 0 Å². The molecule has 2 aliphatic rings. The van der Waals surface area contributed by atoms with Crippen molar-refractivity contribution in [3.05, 3.63) is 143 Å². The number of hydrogen-bond acceptors (Lipinski definition) is 0. The summed E-state index contributed by atoms with van der Waals surface area (Å²) < 4.78 is 0. The van der Waals surface area contributed by atoms with Crippen molar-refractivity contribution in [3.8, 4) is 11.1 Å². The van der Waals surface area contributed by atoms with Crippen molar-refractivity contribution < 1.29 is 48.1 Å². The third kappa shape index (κ3) is 8.78. The molecule has 0 spiro atoms. The summed E-state index contributed by atoms with van der Waals surface area (Å²) in [5, 5.41) is 3.05. The van der Waals surface area contributed by atoms with Crippen molar-refractivity contribution >= 4 is 15.8 Å². The predicted octanol–water partition coefficient (Wildman–Crippen LogP) is 0.944. The van der Waals surface area contributed by atoms with E-state index in [1.807, 2.05) is 12.2 Å². The van der Waals surface area contributed by atoms with Crippen molar-refractivity contribution in [1.82, 2.24) is 0 Å². The predicted molar refractivity (Wildman–Crippen MR) is 152 cm³/mol. The van der Waals surface area contributed by atoms with Crippen molar-refractivity contribution in [2.45, 2.75) is 40.5 Å². The minimum Gasteiger partial charge on any atom is -1.00 e. The molecule has 2 aliphatic carbocycles. The summed E-state index contributed by atoms with van der Waals surface area (Å²) in [6.07, 6.45) is 11.0. The minimum atomic E-state index is -0.488. The van der Waals surface area contributed by atoms with Gasteiger partial charge in [0.2, 0.25) is 0 Å². The Kier molecular flexibility index (Phi) is 13.2. The molecule has 0 amide bonds. The van der Waals surface area contributed by atoms with Gasteiger partial charge in [0.05, 0.1) is 0 Å². The zero-order chi connectivity index (χ0) is 25.5. The van der Waals surface area contributed by atoms with E-state index in [2.05, 4.69) is 125 Å². The van der Waals surface area contributed by atoms with Gasteiger partial charge in [0.25, 0.3) is 0 Å². The second kappa shape index (κ2) is 15.6. The summed E-state index contributed by atoms with van der Waals surface area (Å²) in [4.78, 5) is 0. The monoisotopic (exact) mass is 628 g/mol. The molecular formula is C34H32Cl2SiZr-2. The van der Waals surface area contributed by atoms with Gasteiger partial charge in [-0.25, -0.2) is 12.2 Å². The molecule has 0 nitrogen and oxygen atoms in total. The first-order valence-corrected chi connectivity index (χ1v) is 17.7. The van der Waals surface area contributed by atoms with Crippen molar-refractivity contribution in [2.75, 3.05) is 0 Å². The number of hydrogen-bond donors (Lipinski definition) is 0. The molecule has 4 aromatic carbocycles. The molecule has 38 heavy (non-hydrogen) atoms. The molecule has 4 aromatic rings. The van der Waals surface area contributed by atoms with E-state index in [4.69, 9.17) is 0 Å². The standard InChI is InChI=1S/C15H13.C14H14Si.C5H5.2ClH.Zr/c1-10-3-5-14-12(7-10)9-13-8-11(2)4-6-15(13)14;1-11-3-7-13(8-4-11)15-14-9-5-12(2)6-10-14;1-2-4-5-3-1;;;/h3-7H,9H2,1-2H3;3-10H,1-2H3;1-3H,4H2;2*1H;/q-1;;-1;;;+2/p-2. The third-order valence-corrected chi connectivity index (χ3v) is 12.4. The summed E-state index contributed by atoms with van der Waals surface area (Å²) in [6, 6.07) is 32.6. The van der Waals surface area contributed by atoms with E-state index in [-0.39, 0.29) is 24.8 Å². The molecule has 0 bridgehead atoms. The molecule has 0 fully saturated rings. The summed E-state index contributed by atoms with van der Waals surface area (Å²) in [5.74, 6) is 0. The first-order valence-electron chi connectivity index (χ1n) is 12.5. The fraction of sp³-hybridized carbons (Fsp3) is 0.176. The molecule has 0 saturated carbocycles. The smallest absolute Gasteiger partial charge is 0.109 e. The summed E-state index contributed by atoms with van der Waals surface area (Å²) >= 11 is 1.65. The Bertz CT molecular complexity index is 1310. The molecule has 0 unspecified atom stereocenters. The van der Waals surface area contributed by atoms with Crippen LogP contribution >= 0.6 is 0 Å². The van der Waals surface area contributed by atoms with Crippen LogP contribution in [0.3, 0.4) is 0 Å². The quantitative estimate of drug-likeness (QED) is 0.202. The topological polar surface area (TPSA) is 0 Å². The summed E-state index contributed by atoms with van der Waals surface area (Å²) in [6.45, 7) is 8.54.